The van der Waals surface area contributed by atoms with Gasteiger partial charge in [0.05, 0.1) is 16.5 Å². The van der Waals surface area contributed by atoms with E-state index in [1.165, 1.54) is 5.56 Å². The zero-order valence-electron chi connectivity index (χ0n) is 15.0. The summed E-state index contributed by atoms with van der Waals surface area (Å²) in [5.41, 5.74) is 1.78. The molecule has 1 aromatic heterocycles. The van der Waals surface area contributed by atoms with Crippen molar-refractivity contribution in [3.05, 3.63) is 68.4 Å². The molecule has 1 N–H and O–H groups in total. The fourth-order valence-electron chi connectivity index (χ4n) is 2.53. The molecule has 0 unspecified atom stereocenters. The molecule has 146 valence electrons. The third-order valence-corrected chi connectivity index (χ3v) is 6.22. The van der Waals surface area contributed by atoms with E-state index in [-0.39, 0.29) is 12.3 Å². The fraction of sp³-hybridized carbons (Fsp3) is 0.211. The molecule has 0 aliphatic heterocycles. The Balaban J connectivity index is 1.64. The minimum Gasteiger partial charge on any atom is -0.326 e. The van der Waals surface area contributed by atoms with Crippen molar-refractivity contribution in [3.8, 4) is 0 Å². The Morgan fingerprint density at radius 3 is 2.57 bits per heavy atom. The summed E-state index contributed by atoms with van der Waals surface area (Å²) < 4.78 is 3.01. The van der Waals surface area contributed by atoms with Crippen LogP contribution in [0.5, 0.6) is 0 Å². The van der Waals surface area contributed by atoms with Gasteiger partial charge in [-0.25, -0.2) is 0 Å². The van der Waals surface area contributed by atoms with Gasteiger partial charge in [0.25, 0.3) is 0 Å². The number of hydrogen-bond acceptors (Lipinski definition) is 4. The van der Waals surface area contributed by atoms with E-state index in [4.69, 9.17) is 23.2 Å². The average molecular weight is 500 g/mol. The Kier molecular flexibility index (Phi) is 7.40. The molecule has 2 aromatic carbocycles. The lowest BCUT2D eigenvalue weighted by Gasteiger charge is -2.09. The molecule has 1 heterocycles. The van der Waals surface area contributed by atoms with Crippen LogP contribution in [-0.4, -0.2) is 20.7 Å². The van der Waals surface area contributed by atoms with Crippen molar-refractivity contribution in [3.63, 3.8) is 0 Å². The number of nitrogens with zero attached hydrogens (tertiary/aromatic N) is 3. The van der Waals surface area contributed by atoms with Gasteiger partial charge in [0.2, 0.25) is 5.91 Å². The van der Waals surface area contributed by atoms with E-state index in [0.29, 0.717) is 28.1 Å². The monoisotopic (exact) mass is 498 g/mol. The molecule has 0 aliphatic rings. The molecule has 0 fully saturated rings. The zero-order chi connectivity index (χ0) is 20.1. The second-order valence-corrected chi connectivity index (χ2v) is 8.58. The molecule has 0 aliphatic carbocycles. The van der Waals surface area contributed by atoms with E-state index in [0.717, 1.165) is 15.4 Å². The highest BCUT2D eigenvalue weighted by Crippen LogP contribution is 2.26. The van der Waals surface area contributed by atoms with Crippen molar-refractivity contribution in [2.75, 3.05) is 5.32 Å². The molecule has 3 rings (SSSR count). The minimum absolute atomic E-state index is 0.125. The van der Waals surface area contributed by atoms with Gasteiger partial charge in [-0.05, 0) is 42.8 Å². The summed E-state index contributed by atoms with van der Waals surface area (Å²) in [6, 6.07) is 13.1. The molecule has 0 atom stereocenters. The number of amides is 1. The van der Waals surface area contributed by atoms with Crippen LogP contribution >= 0.6 is 50.9 Å². The lowest BCUT2D eigenvalue weighted by molar-refractivity contribution is -0.115. The smallest absolute Gasteiger partial charge is 0.232 e. The standard InChI is InChI=1S/C19H17BrCl2N4OS/c1-2-26-17(10-18(27)23-14-7-8-15(21)16(22)9-14)24-25-19(26)28-11-12-3-5-13(20)6-4-12/h3-9H,2,10-11H2,1H3,(H,23,27). The van der Waals surface area contributed by atoms with Crippen molar-refractivity contribution in [1.82, 2.24) is 14.8 Å². The molecule has 3 aromatic rings. The molecule has 0 spiro atoms. The van der Waals surface area contributed by atoms with Gasteiger partial charge in [0.1, 0.15) is 5.82 Å². The van der Waals surface area contributed by atoms with Gasteiger partial charge >= 0.3 is 0 Å². The van der Waals surface area contributed by atoms with Gasteiger partial charge in [0.15, 0.2) is 5.16 Å². The van der Waals surface area contributed by atoms with Gasteiger partial charge < -0.3 is 9.88 Å². The molecule has 28 heavy (non-hydrogen) atoms. The van der Waals surface area contributed by atoms with E-state index in [2.05, 4.69) is 43.6 Å². The van der Waals surface area contributed by atoms with Crippen LogP contribution in [0.15, 0.2) is 52.1 Å². The minimum atomic E-state index is -0.190. The van der Waals surface area contributed by atoms with Crippen LogP contribution in [0, 0.1) is 0 Å². The van der Waals surface area contributed by atoms with E-state index in [9.17, 15) is 4.79 Å². The SMILES string of the molecule is CCn1c(CC(=O)Nc2ccc(Cl)c(Cl)c2)nnc1SCc1ccc(Br)cc1. The number of hydrogen-bond donors (Lipinski definition) is 1. The maximum absolute atomic E-state index is 12.4. The first-order valence-electron chi connectivity index (χ1n) is 8.50. The van der Waals surface area contributed by atoms with E-state index in [1.54, 1.807) is 30.0 Å². The molecular weight excluding hydrogens is 483 g/mol. The Bertz CT molecular complexity index is 979. The summed E-state index contributed by atoms with van der Waals surface area (Å²) in [5, 5.41) is 12.9. The maximum atomic E-state index is 12.4. The topological polar surface area (TPSA) is 59.8 Å². The third-order valence-electron chi connectivity index (χ3n) is 3.91. The molecule has 0 saturated carbocycles. The summed E-state index contributed by atoms with van der Waals surface area (Å²) in [6.07, 6.45) is 0.125. The van der Waals surface area contributed by atoms with E-state index in [1.807, 2.05) is 23.6 Å². The largest absolute Gasteiger partial charge is 0.326 e. The van der Waals surface area contributed by atoms with Crippen molar-refractivity contribution in [1.29, 1.82) is 0 Å². The van der Waals surface area contributed by atoms with Crippen molar-refractivity contribution < 1.29 is 4.79 Å². The van der Waals surface area contributed by atoms with E-state index >= 15 is 0 Å². The zero-order valence-corrected chi connectivity index (χ0v) is 18.9. The lowest BCUT2D eigenvalue weighted by Crippen LogP contribution is -2.17. The van der Waals surface area contributed by atoms with Crippen molar-refractivity contribution >= 4 is 62.5 Å². The highest BCUT2D eigenvalue weighted by molar-refractivity contribution is 9.10. The Morgan fingerprint density at radius 2 is 1.89 bits per heavy atom. The lowest BCUT2D eigenvalue weighted by atomic mass is 10.2. The van der Waals surface area contributed by atoms with Crippen LogP contribution in [0.2, 0.25) is 10.0 Å². The number of halogens is 3. The van der Waals surface area contributed by atoms with Crippen LogP contribution in [0.25, 0.3) is 0 Å². The second-order valence-electron chi connectivity index (χ2n) is 5.91. The number of anilines is 1. The first-order valence-corrected chi connectivity index (χ1v) is 11.0. The quantitative estimate of drug-likeness (QED) is 0.415. The Morgan fingerprint density at radius 1 is 1.14 bits per heavy atom. The first-order chi connectivity index (χ1) is 13.5. The number of benzene rings is 2. The summed E-state index contributed by atoms with van der Waals surface area (Å²) in [7, 11) is 0. The molecule has 1 amide bonds. The second kappa shape index (κ2) is 9.78. The number of carbonyl (C=O) groups is 1. The Labute approximate surface area is 186 Å². The highest BCUT2D eigenvalue weighted by atomic mass is 79.9. The van der Waals surface area contributed by atoms with Crippen LogP contribution in [-0.2, 0) is 23.5 Å². The number of carbonyl (C=O) groups excluding carboxylic acids is 1. The molecule has 0 radical (unpaired) electrons. The molecular formula is C19H17BrCl2N4OS. The summed E-state index contributed by atoms with van der Waals surface area (Å²) >= 11 is 16.9. The van der Waals surface area contributed by atoms with Gasteiger partial charge in [-0.3, -0.25) is 4.79 Å². The van der Waals surface area contributed by atoms with Crippen LogP contribution in [0.1, 0.15) is 18.3 Å². The van der Waals surface area contributed by atoms with Gasteiger partial charge in [-0.1, -0.05) is 63.0 Å². The van der Waals surface area contributed by atoms with Crippen molar-refractivity contribution in [2.45, 2.75) is 30.8 Å². The maximum Gasteiger partial charge on any atom is 0.232 e. The first kappa shape index (κ1) is 21.2. The fourth-order valence-corrected chi connectivity index (χ4v) is 4.06. The van der Waals surface area contributed by atoms with Crippen molar-refractivity contribution in [2.24, 2.45) is 0 Å². The third kappa shape index (κ3) is 5.50. The molecule has 9 heteroatoms. The van der Waals surface area contributed by atoms with Gasteiger partial charge in [-0.2, -0.15) is 0 Å². The number of nitrogens with one attached hydrogen (secondary N) is 1. The van der Waals surface area contributed by atoms with Crippen LogP contribution in [0.3, 0.4) is 0 Å². The normalized spacial score (nSPS) is 10.9. The predicted octanol–water partition coefficient (Wildman–Crippen LogP) is 5.84. The van der Waals surface area contributed by atoms with Gasteiger partial charge in [-0.15, -0.1) is 10.2 Å². The number of aromatic nitrogens is 3. The van der Waals surface area contributed by atoms with E-state index < -0.39 is 0 Å². The summed E-state index contributed by atoms with van der Waals surface area (Å²) in [4.78, 5) is 12.4. The van der Waals surface area contributed by atoms with Crippen LogP contribution < -0.4 is 5.32 Å². The summed E-state index contributed by atoms with van der Waals surface area (Å²) in [6.45, 7) is 2.69. The highest BCUT2D eigenvalue weighted by Gasteiger charge is 2.15. The average Bonchev–Trinajstić information content (AvgIpc) is 3.05. The van der Waals surface area contributed by atoms with Crippen LogP contribution in [0.4, 0.5) is 5.69 Å². The predicted molar refractivity (Wildman–Crippen MR) is 118 cm³/mol. The molecule has 0 bridgehead atoms. The Hall–Kier alpha value is -1.54. The van der Waals surface area contributed by atoms with Gasteiger partial charge in [0, 0.05) is 22.5 Å². The number of thioether (sulfide) groups is 1. The summed E-state index contributed by atoms with van der Waals surface area (Å²) in [5.74, 6) is 1.21. The number of rotatable bonds is 7. The molecule has 5 nitrogen and oxygen atoms in total. The molecule has 0 saturated heterocycles.